The zero-order valence-corrected chi connectivity index (χ0v) is 12.1. The van der Waals surface area contributed by atoms with Crippen molar-refractivity contribution in [2.45, 2.75) is 26.8 Å². The van der Waals surface area contributed by atoms with Gasteiger partial charge in [0, 0.05) is 17.6 Å². The number of halogens is 2. The van der Waals surface area contributed by atoms with Crippen LogP contribution in [0.1, 0.15) is 31.1 Å². The van der Waals surface area contributed by atoms with E-state index in [9.17, 15) is 9.18 Å². The summed E-state index contributed by atoms with van der Waals surface area (Å²) in [6.07, 6.45) is 0. The first-order valence-corrected chi connectivity index (χ1v) is 6.36. The predicted octanol–water partition coefficient (Wildman–Crippen LogP) is 3.70. The number of nitrogens with zero attached hydrogens (tertiary/aromatic N) is 1. The van der Waals surface area contributed by atoms with E-state index in [1.165, 1.54) is 6.07 Å². The fraction of sp³-hybridized carbons (Fsp3) is 0.462. The van der Waals surface area contributed by atoms with Gasteiger partial charge in [0.1, 0.15) is 5.82 Å². The van der Waals surface area contributed by atoms with Gasteiger partial charge in [-0.15, -0.1) is 0 Å². The smallest absolute Gasteiger partial charge is 0.257 e. The van der Waals surface area contributed by atoms with Crippen molar-refractivity contribution in [3.63, 3.8) is 0 Å². The van der Waals surface area contributed by atoms with Crippen molar-refractivity contribution < 1.29 is 9.18 Å². The molecule has 1 aromatic carbocycles. The summed E-state index contributed by atoms with van der Waals surface area (Å²) < 4.78 is 14.1. The van der Waals surface area contributed by atoms with E-state index < -0.39 is 5.82 Å². The van der Waals surface area contributed by atoms with Gasteiger partial charge in [-0.25, -0.2) is 4.39 Å². The molecule has 0 aliphatic carbocycles. The molecule has 0 saturated carbocycles. The molecule has 0 N–H and O–H groups in total. The highest BCUT2D eigenvalue weighted by molar-refractivity contribution is 9.10. The minimum absolute atomic E-state index is 0.0639. The lowest BCUT2D eigenvalue weighted by atomic mass is 10.0. The number of carbonyl (C=O) groups excluding carboxylic acids is 1. The van der Waals surface area contributed by atoms with Crippen molar-refractivity contribution in [1.29, 1.82) is 0 Å². The number of amides is 1. The van der Waals surface area contributed by atoms with Crippen molar-refractivity contribution in [2.24, 2.45) is 5.92 Å². The second kappa shape index (κ2) is 5.63. The van der Waals surface area contributed by atoms with Crippen LogP contribution in [0.4, 0.5) is 4.39 Å². The Morgan fingerprint density at radius 3 is 2.41 bits per heavy atom. The third kappa shape index (κ3) is 3.06. The molecule has 1 atom stereocenters. The Balaban J connectivity index is 3.05. The van der Waals surface area contributed by atoms with Gasteiger partial charge in [-0.1, -0.05) is 19.9 Å². The largest absolute Gasteiger partial charge is 0.339 e. The minimum atomic E-state index is -0.493. The number of hydrogen-bond acceptors (Lipinski definition) is 1. The highest BCUT2D eigenvalue weighted by Crippen LogP contribution is 2.22. The van der Waals surface area contributed by atoms with E-state index in [1.807, 2.05) is 20.8 Å². The molecule has 4 heteroatoms. The Bertz CT molecular complexity index is 400. The monoisotopic (exact) mass is 301 g/mol. The molecule has 0 heterocycles. The molecule has 0 radical (unpaired) electrons. The SMILES string of the molecule is CC(C)C(C)N(C)C(=O)c1c(F)cccc1Br. The topological polar surface area (TPSA) is 20.3 Å². The van der Waals surface area contributed by atoms with Crippen molar-refractivity contribution in [3.8, 4) is 0 Å². The summed E-state index contributed by atoms with van der Waals surface area (Å²) in [5.41, 5.74) is 0.0995. The minimum Gasteiger partial charge on any atom is -0.339 e. The molecule has 1 rings (SSSR count). The van der Waals surface area contributed by atoms with E-state index in [-0.39, 0.29) is 17.5 Å². The van der Waals surface area contributed by atoms with Gasteiger partial charge in [0.05, 0.1) is 5.56 Å². The number of benzene rings is 1. The van der Waals surface area contributed by atoms with Crippen molar-refractivity contribution in [1.82, 2.24) is 4.90 Å². The maximum atomic E-state index is 13.6. The quantitative estimate of drug-likeness (QED) is 0.833. The molecule has 0 saturated heterocycles. The highest BCUT2D eigenvalue weighted by Gasteiger charge is 2.24. The molecule has 1 unspecified atom stereocenters. The number of hydrogen-bond donors (Lipinski definition) is 0. The second-order valence-electron chi connectivity index (χ2n) is 4.50. The van der Waals surface area contributed by atoms with Gasteiger partial charge in [-0.2, -0.15) is 0 Å². The molecule has 1 amide bonds. The molecule has 0 aliphatic heterocycles. The van der Waals surface area contributed by atoms with E-state index in [2.05, 4.69) is 15.9 Å². The van der Waals surface area contributed by atoms with Crippen LogP contribution in [-0.4, -0.2) is 23.9 Å². The standard InChI is InChI=1S/C13H17BrFNO/c1-8(2)9(3)16(4)13(17)12-10(14)6-5-7-11(12)15/h5-9H,1-4H3. The number of carbonyl (C=O) groups is 1. The summed E-state index contributed by atoms with van der Waals surface area (Å²) >= 11 is 3.21. The van der Waals surface area contributed by atoms with Crippen LogP contribution in [0, 0.1) is 11.7 Å². The summed E-state index contributed by atoms with van der Waals surface area (Å²) in [7, 11) is 1.70. The Morgan fingerprint density at radius 1 is 1.35 bits per heavy atom. The first-order valence-electron chi connectivity index (χ1n) is 5.57. The summed E-state index contributed by atoms with van der Waals surface area (Å²) in [6, 6.07) is 4.60. The maximum Gasteiger partial charge on any atom is 0.257 e. The maximum absolute atomic E-state index is 13.6. The fourth-order valence-electron chi connectivity index (χ4n) is 1.51. The van der Waals surface area contributed by atoms with Gasteiger partial charge in [0.25, 0.3) is 5.91 Å². The average Bonchev–Trinajstić information content (AvgIpc) is 2.26. The fourth-order valence-corrected chi connectivity index (χ4v) is 2.02. The van der Waals surface area contributed by atoms with Gasteiger partial charge in [-0.05, 0) is 40.9 Å². The van der Waals surface area contributed by atoms with Crippen LogP contribution in [0.3, 0.4) is 0 Å². The Hall–Kier alpha value is -0.900. The second-order valence-corrected chi connectivity index (χ2v) is 5.35. The third-order valence-corrected chi connectivity index (χ3v) is 3.73. The Morgan fingerprint density at radius 2 is 1.94 bits per heavy atom. The van der Waals surface area contributed by atoms with E-state index in [4.69, 9.17) is 0 Å². The molecular weight excluding hydrogens is 285 g/mol. The molecular formula is C13H17BrFNO. The molecule has 0 bridgehead atoms. The molecule has 0 fully saturated rings. The molecule has 0 aromatic heterocycles. The van der Waals surface area contributed by atoms with E-state index in [1.54, 1.807) is 24.1 Å². The highest BCUT2D eigenvalue weighted by atomic mass is 79.9. The van der Waals surface area contributed by atoms with Crippen LogP contribution in [-0.2, 0) is 0 Å². The third-order valence-electron chi connectivity index (χ3n) is 3.07. The molecule has 0 aliphatic rings. The van der Waals surface area contributed by atoms with Crippen LogP contribution in [0.5, 0.6) is 0 Å². The lowest BCUT2D eigenvalue weighted by Gasteiger charge is -2.28. The van der Waals surface area contributed by atoms with Crippen LogP contribution in [0.15, 0.2) is 22.7 Å². The van der Waals surface area contributed by atoms with Gasteiger partial charge >= 0.3 is 0 Å². The summed E-state index contributed by atoms with van der Waals surface area (Å²) in [6.45, 7) is 6.02. The summed E-state index contributed by atoms with van der Waals surface area (Å²) in [5, 5.41) is 0. The Labute approximate surface area is 110 Å². The molecule has 17 heavy (non-hydrogen) atoms. The lowest BCUT2D eigenvalue weighted by Crippen LogP contribution is -2.38. The van der Waals surface area contributed by atoms with Crippen molar-refractivity contribution >= 4 is 21.8 Å². The summed E-state index contributed by atoms with van der Waals surface area (Å²) in [4.78, 5) is 13.8. The zero-order chi connectivity index (χ0) is 13.2. The molecule has 2 nitrogen and oxygen atoms in total. The van der Waals surface area contributed by atoms with Crippen LogP contribution in [0.25, 0.3) is 0 Å². The van der Waals surface area contributed by atoms with Crippen LogP contribution >= 0.6 is 15.9 Å². The normalized spacial score (nSPS) is 12.6. The van der Waals surface area contributed by atoms with Gasteiger partial charge < -0.3 is 4.90 Å². The van der Waals surface area contributed by atoms with Crippen molar-refractivity contribution in [3.05, 3.63) is 34.1 Å². The number of rotatable bonds is 3. The van der Waals surface area contributed by atoms with Crippen LogP contribution in [0.2, 0.25) is 0 Å². The van der Waals surface area contributed by atoms with E-state index >= 15 is 0 Å². The van der Waals surface area contributed by atoms with E-state index in [0.29, 0.717) is 10.4 Å². The molecule has 0 spiro atoms. The van der Waals surface area contributed by atoms with Crippen LogP contribution < -0.4 is 0 Å². The van der Waals surface area contributed by atoms with Crippen molar-refractivity contribution in [2.75, 3.05) is 7.05 Å². The van der Waals surface area contributed by atoms with E-state index in [0.717, 1.165) is 0 Å². The molecule has 94 valence electrons. The first-order chi connectivity index (χ1) is 7.86. The Kier molecular flexibility index (Phi) is 4.69. The average molecular weight is 302 g/mol. The van der Waals surface area contributed by atoms with Gasteiger partial charge in [0.2, 0.25) is 0 Å². The first kappa shape index (κ1) is 14.2. The predicted molar refractivity (Wildman–Crippen MR) is 70.5 cm³/mol. The summed E-state index contributed by atoms with van der Waals surface area (Å²) in [5.74, 6) is -0.460. The van der Waals surface area contributed by atoms with Gasteiger partial charge in [0.15, 0.2) is 0 Å². The van der Waals surface area contributed by atoms with Gasteiger partial charge in [-0.3, -0.25) is 4.79 Å². The lowest BCUT2D eigenvalue weighted by molar-refractivity contribution is 0.0701. The molecule has 1 aromatic rings. The zero-order valence-electron chi connectivity index (χ0n) is 10.5.